The molecule has 4 rings (SSSR count). The van der Waals surface area contributed by atoms with Crippen molar-refractivity contribution in [1.82, 2.24) is 15.0 Å². The fraction of sp³-hybridized carbons (Fsp3) is 0.286. The molecule has 0 spiro atoms. The zero-order valence-corrected chi connectivity index (χ0v) is 19.4. The Bertz CT molecular complexity index is 1160. The largest absolute Gasteiger partial charge is 0.360 e. The summed E-state index contributed by atoms with van der Waals surface area (Å²) < 4.78 is 6.84. The Balaban J connectivity index is 1.52. The van der Waals surface area contributed by atoms with Crippen molar-refractivity contribution < 1.29 is 14.1 Å². The number of hydrogen-bond donors (Lipinski definition) is 0. The van der Waals surface area contributed by atoms with Crippen molar-refractivity contribution in [2.45, 2.75) is 6.92 Å². The van der Waals surface area contributed by atoms with E-state index in [9.17, 15) is 9.70 Å². The third kappa shape index (κ3) is 4.20. The maximum atomic E-state index is 13.3. The number of benzene rings is 1. The Morgan fingerprint density at radius 1 is 1.23 bits per heavy atom. The molecule has 1 aliphatic rings. The maximum absolute atomic E-state index is 13.3. The summed E-state index contributed by atoms with van der Waals surface area (Å²) in [5.74, 6) is 1.07. The van der Waals surface area contributed by atoms with Crippen molar-refractivity contribution in [1.29, 1.82) is 0 Å². The van der Waals surface area contributed by atoms with Gasteiger partial charge in [-0.25, -0.2) is 4.98 Å². The van der Waals surface area contributed by atoms with Gasteiger partial charge in [0.2, 0.25) is 0 Å². The molecule has 31 heavy (non-hydrogen) atoms. The van der Waals surface area contributed by atoms with Crippen molar-refractivity contribution >= 4 is 44.9 Å². The van der Waals surface area contributed by atoms with Gasteiger partial charge in [0.15, 0.2) is 7.05 Å². The van der Waals surface area contributed by atoms with Crippen LogP contribution in [0, 0.1) is 11.8 Å². The van der Waals surface area contributed by atoms with Gasteiger partial charge in [0.25, 0.3) is 11.6 Å². The quantitative estimate of drug-likeness (QED) is 0.487. The summed E-state index contributed by atoms with van der Waals surface area (Å²) in [5, 5.41) is 4.61. The molecule has 0 aliphatic carbocycles. The zero-order chi connectivity index (χ0) is 22.1. The number of aryl methyl sites for hydroxylation is 1. The van der Waals surface area contributed by atoms with Crippen LogP contribution in [0.5, 0.6) is 0 Å². The van der Waals surface area contributed by atoms with Crippen molar-refractivity contribution in [2.75, 3.05) is 38.1 Å². The summed E-state index contributed by atoms with van der Waals surface area (Å²) in [7, 11) is 1.43. The van der Waals surface area contributed by atoms with E-state index in [1.807, 2.05) is 18.2 Å². The van der Waals surface area contributed by atoms with Gasteiger partial charge in [-0.15, -0.1) is 0 Å². The predicted octanol–water partition coefficient (Wildman–Crippen LogP) is 4.46. The van der Waals surface area contributed by atoms with Crippen LogP contribution in [0.1, 0.15) is 16.1 Å². The Labute approximate surface area is 192 Å². The first-order valence-corrected chi connectivity index (χ1v) is 10.9. The number of aromatic nitrogens is 2. The molecular formula is C21H20BrClN5O3+. The van der Waals surface area contributed by atoms with Gasteiger partial charge in [-0.1, -0.05) is 35.0 Å². The number of nitroso groups, excluding NO2 is 1. The number of anilines is 1. The Kier molecular flexibility index (Phi) is 6.06. The van der Waals surface area contributed by atoms with Gasteiger partial charge in [-0.05, 0) is 28.9 Å². The van der Waals surface area contributed by atoms with E-state index in [0.717, 1.165) is 15.1 Å². The van der Waals surface area contributed by atoms with Gasteiger partial charge in [0.05, 0.1) is 9.50 Å². The summed E-state index contributed by atoms with van der Waals surface area (Å²) in [6, 6.07) is 8.99. The van der Waals surface area contributed by atoms with Gasteiger partial charge in [0.1, 0.15) is 29.0 Å². The fourth-order valence-corrected chi connectivity index (χ4v) is 4.38. The third-order valence-corrected chi connectivity index (χ3v) is 6.16. The molecular weight excluding hydrogens is 486 g/mol. The highest BCUT2D eigenvalue weighted by molar-refractivity contribution is 9.10. The molecule has 0 unspecified atom stereocenters. The molecule has 2 aromatic heterocycles. The van der Waals surface area contributed by atoms with Crippen molar-refractivity contribution in [2.24, 2.45) is 0 Å². The average molecular weight is 506 g/mol. The van der Waals surface area contributed by atoms with Crippen LogP contribution in [0.3, 0.4) is 0 Å². The molecule has 1 saturated heterocycles. The molecule has 10 heteroatoms. The summed E-state index contributed by atoms with van der Waals surface area (Å²) in [6.07, 6.45) is 1.54. The minimum Gasteiger partial charge on any atom is -0.360 e. The second-order valence-corrected chi connectivity index (χ2v) is 8.48. The third-order valence-electron chi connectivity index (χ3n) is 5.24. The SMILES string of the molecule is Cc1onc(-c2ccccc2Cl)c1C(=O)N1CCN(c2ncc([N+](C)=O)cc2Br)CC1. The van der Waals surface area contributed by atoms with Gasteiger partial charge in [0, 0.05) is 47.5 Å². The molecule has 0 radical (unpaired) electrons. The van der Waals surface area contributed by atoms with Crippen molar-refractivity contribution in [3.63, 3.8) is 0 Å². The molecule has 1 fully saturated rings. The average Bonchev–Trinajstić information content (AvgIpc) is 3.14. The summed E-state index contributed by atoms with van der Waals surface area (Å²) in [6.45, 7) is 3.98. The van der Waals surface area contributed by atoms with E-state index in [1.165, 1.54) is 7.05 Å². The van der Waals surface area contributed by atoms with Crippen LogP contribution in [-0.2, 0) is 0 Å². The minimum absolute atomic E-state index is 0.135. The van der Waals surface area contributed by atoms with E-state index < -0.39 is 0 Å². The highest BCUT2D eigenvalue weighted by Crippen LogP contribution is 2.32. The fourth-order valence-electron chi connectivity index (χ4n) is 3.57. The number of halogens is 2. The lowest BCUT2D eigenvalue weighted by molar-refractivity contribution is -0.428. The first kappa shape index (κ1) is 21.5. The number of pyridine rings is 1. The van der Waals surface area contributed by atoms with Crippen LogP contribution in [0.4, 0.5) is 11.5 Å². The molecule has 1 amide bonds. The van der Waals surface area contributed by atoms with Crippen molar-refractivity contribution in [3.05, 3.63) is 62.3 Å². The Hall–Kier alpha value is -2.78. The van der Waals surface area contributed by atoms with Gasteiger partial charge >= 0.3 is 0 Å². The van der Waals surface area contributed by atoms with Crippen LogP contribution in [0.15, 0.2) is 45.5 Å². The lowest BCUT2D eigenvalue weighted by Crippen LogP contribution is -2.49. The van der Waals surface area contributed by atoms with Crippen LogP contribution in [0.25, 0.3) is 11.3 Å². The summed E-state index contributed by atoms with van der Waals surface area (Å²) >= 11 is 9.81. The first-order chi connectivity index (χ1) is 14.9. The topological polar surface area (TPSA) is 82.6 Å². The molecule has 0 N–H and O–H groups in total. The number of piperazine rings is 1. The molecule has 160 valence electrons. The first-order valence-electron chi connectivity index (χ1n) is 9.68. The van der Waals surface area contributed by atoms with E-state index >= 15 is 0 Å². The second kappa shape index (κ2) is 8.76. The van der Waals surface area contributed by atoms with Gasteiger partial charge in [-0.2, -0.15) is 0 Å². The standard InChI is InChI=1S/C21H20BrClN5O3/c1-13-18(19(25-31-13)15-5-3-4-6-17(15)23)21(29)28-9-7-27(8-10-28)20-16(22)11-14(12-24-20)26(2)30/h3-6,11-12H,7-10H2,1-2H3/q+1. The Morgan fingerprint density at radius 2 is 1.94 bits per heavy atom. The molecule has 0 bridgehead atoms. The number of hydrogen-bond acceptors (Lipinski definition) is 6. The van der Waals surface area contributed by atoms with E-state index in [-0.39, 0.29) is 5.91 Å². The lowest BCUT2D eigenvalue weighted by atomic mass is 10.0. The van der Waals surface area contributed by atoms with Crippen LogP contribution >= 0.6 is 27.5 Å². The monoisotopic (exact) mass is 504 g/mol. The highest BCUT2D eigenvalue weighted by Gasteiger charge is 2.30. The number of nitrogens with zero attached hydrogens (tertiary/aromatic N) is 5. The molecule has 3 heterocycles. The second-order valence-electron chi connectivity index (χ2n) is 7.22. The lowest BCUT2D eigenvalue weighted by Gasteiger charge is -2.35. The molecule has 3 aromatic rings. The summed E-state index contributed by atoms with van der Waals surface area (Å²) in [4.78, 5) is 33.1. The molecule has 1 aromatic carbocycles. The molecule has 0 saturated carbocycles. The number of rotatable bonds is 4. The molecule has 1 aliphatic heterocycles. The zero-order valence-electron chi connectivity index (χ0n) is 17.0. The highest BCUT2D eigenvalue weighted by atomic mass is 79.9. The number of amides is 1. The summed E-state index contributed by atoms with van der Waals surface area (Å²) in [5.41, 5.74) is 2.03. The number of carbonyl (C=O) groups excluding carboxylic acids is 1. The van der Waals surface area contributed by atoms with Gasteiger partial charge in [-0.3, -0.25) is 4.79 Å². The minimum atomic E-state index is -0.135. The van der Waals surface area contributed by atoms with Crippen LogP contribution in [0.2, 0.25) is 5.02 Å². The molecule has 0 atom stereocenters. The van der Waals surface area contributed by atoms with E-state index in [2.05, 4.69) is 31.0 Å². The maximum Gasteiger partial charge on any atom is 0.275 e. The van der Waals surface area contributed by atoms with Gasteiger partial charge < -0.3 is 14.3 Å². The van der Waals surface area contributed by atoms with E-state index in [1.54, 1.807) is 30.2 Å². The van der Waals surface area contributed by atoms with E-state index in [0.29, 0.717) is 59.5 Å². The Morgan fingerprint density at radius 3 is 2.58 bits per heavy atom. The number of carbonyl (C=O) groups is 1. The molecule has 8 nitrogen and oxygen atoms in total. The normalized spacial score (nSPS) is 14.1. The smallest absolute Gasteiger partial charge is 0.275 e. The van der Waals surface area contributed by atoms with Crippen LogP contribution < -0.4 is 4.90 Å². The predicted molar refractivity (Wildman–Crippen MR) is 121 cm³/mol. The van der Waals surface area contributed by atoms with E-state index in [4.69, 9.17) is 16.1 Å². The van der Waals surface area contributed by atoms with Crippen molar-refractivity contribution in [3.8, 4) is 11.3 Å². The van der Waals surface area contributed by atoms with Crippen LogP contribution in [-0.4, -0.2) is 58.9 Å².